The SMILES string of the molecule is C#Cc1cc(F)c([C@H](CC(=O)O)NC(=O)[C@@H](CC(C)C)n2cc(CCn3ccnc3)c(C(F)(F)F)cc2=O)c(F)c1-c1c(C)cc(F)cc1C. The van der Waals surface area contributed by atoms with Crippen LogP contribution in [0.4, 0.5) is 26.3 Å². The number of nitrogens with zero attached hydrogens (tertiary/aromatic N) is 3. The molecule has 0 aliphatic rings. The lowest BCUT2D eigenvalue weighted by atomic mass is 9.88. The molecule has 2 atom stereocenters. The zero-order valence-electron chi connectivity index (χ0n) is 27.5. The fraction of sp³-hybridized carbons (Fsp3) is 0.333. The molecular formula is C36H34F6N4O4. The Balaban J connectivity index is 1.85. The quantitative estimate of drug-likeness (QED) is 0.124. The molecule has 264 valence electrons. The van der Waals surface area contributed by atoms with Crippen LogP contribution in [-0.4, -0.2) is 31.1 Å². The average molecular weight is 701 g/mol. The summed E-state index contributed by atoms with van der Waals surface area (Å²) in [7, 11) is 0. The summed E-state index contributed by atoms with van der Waals surface area (Å²) < 4.78 is 90.8. The molecule has 4 rings (SSSR count). The summed E-state index contributed by atoms with van der Waals surface area (Å²) in [5.41, 5.74) is -3.46. The number of aromatic nitrogens is 3. The predicted octanol–water partition coefficient (Wildman–Crippen LogP) is 6.91. The number of aryl methyl sites for hydroxylation is 4. The van der Waals surface area contributed by atoms with Crippen LogP contribution < -0.4 is 10.9 Å². The van der Waals surface area contributed by atoms with E-state index in [4.69, 9.17) is 6.42 Å². The smallest absolute Gasteiger partial charge is 0.416 e. The van der Waals surface area contributed by atoms with E-state index in [1.807, 2.05) is 0 Å². The molecule has 50 heavy (non-hydrogen) atoms. The van der Waals surface area contributed by atoms with Gasteiger partial charge in [0.2, 0.25) is 5.91 Å². The first-order valence-electron chi connectivity index (χ1n) is 15.5. The van der Waals surface area contributed by atoms with Crippen molar-refractivity contribution in [1.29, 1.82) is 0 Å². The largest absolute Gasteiger partial charge is 0.481 e. The lowest BCUT2D eigenvalue weighted by molar-refractivity contribution is -0.139. The number of alkyl halides is 3. The number of carbonyl (C=O) groups excluding carboxylic acids is 1. The van der Waals surface area contributed by atoms with Gasteiger partial charge in [0.25, 0.3) is 5.56 Å². The van der Waals surface area contributed by atoms with Crippen LogP contribution in [0.1, 0.15) is 72.2 Å². The molecule has 2 N–H and O–H groups in total. The Morgan fingerprint density at radius 2 is 1.72 bits per heavy atom. The molecule has 14 heteroatoms. The Bertz CT molecular complexity index is 1990. The van der Waals surface area contributed by atoms with Crippen molar-refractivity contribution in [3.63, 3.8) is 0 Å². The molecule has 0 unspecified atom stereocenters. The standard InChI is InChI=1S/C36H34F6N4O4/c1-6-22-14-26(38)33(34(39)32(22)31-20(4)12-24(37)13-21(31)5)27(16-30(48)49)44-35(50)28(11-19(2)3)46-17-23(7-9-45-10-8-43-18-45)25(15-29(46)47)36(40,41)42/h1,8,10,12-15,17-19,27-28H,7,9,11,16H2,2-5H3,(H,44,50)(H,48,49)/t27-,28+/m0/s1. The molecule has 1 amide bonds. The van der Waals surface area contributed by atoms with E-state index in [2.05, 4.69) is 16.2 Å². The maximum Gasteiger partial charge on any atom is 0.416 e. The van der Waals surface area contributed by atoms with Gasteiger partial charge in [0.15, 0.2) is 0 Å². The monoisotopic (exact) mass is 700 g/mol. The van der Waals surface area contributed by atoms with Gasteiger partial charge in [-0.15, -0.1) is 6.42 Å². The van der Waals surface area contributed by atoms with Gasteiger partial charge in [0, 0.05) is 47.9 Å². The van der Waals surface area contributed by atoms with E-state index < -0.39 is 70.7 Å². The van der Waals surface area contributed by atoms with Gasteiger partial charge >= 0.3 is 12.1 Å². The Labute approximate surface area is 283 Å². The number of hydrogen-bond acceptors (Lipinski definition) is 4. The number of rotatable bonds is 12. The zero-order valence-corrected chi connectivity index (χ0v) is 27.5. The molecule has 4 aromatic rings. The summed E-state index contributed by atoms with van der Waals surface area (Å²) in [4.78, 5) is 43.0. The number of nitrogens with one attached hydrogen (secondary N) is 1. The van der Waals surface area contributed by atoms with Gasteiger partial charge in [0.05, 0.1) is 24.4 Å². The van der Waals surface area contributed by atoms with Gasteiger partial charge < -0.3 is 19.6 Å². The van der Waals surface area contributed by atoms with E-state index in [1.54, 1.807) is 20.0 Å². The Hall–Kier alpha value is -5.32. The summed E-state index contributed by atoms with van der Waals surface area (Å²) in [6.07, 6.45) is 4.66. The average Bonchev–Trinajstić information content (AvgIpc) is 3.52. The van der Waals surface area contributed by atoms with Gasteiger partial charge in [0.1, 0.15) is 23.5 Å². The number of carbonyl (C=O) groups is 2. The minimum atomic E-state index is -4.90. The fourth-order valence-corrected chi connectivity index (χ4v) is 6.05. The number of benzene rings is 2. The number of pyridine rings is 1. The van der Waals surface area contributed by atoms with E-state index in [1.165, 1.54) is 30.9 Å². The minimum absolute atomic E-state index is 0.0601. The van der Waals surface area contributed by atoms with E-state index in [0.29, 0.717) is 6.07 Å². The van der Waals surface area contributed by atoms with Gasteiger partial charge in [-0.3, -0.25) is 14.4 Å². The molecule has 0 spiro atoms. The molecule has 2 aromatic carbocycles. The highest BCUT2D eigenvalue weighted by Gasteiger charge is 2.36. The van der Waals surface area contributed by atoms with Crippen LogP contribution in [0.2, 0.25) is 0 Å². The number of carboxylic acid groups (broad SMARTS) is 1. The highest BCUT2D eigenvalue weighted by Crippen LogP contribution is 2.38. The van der Waals surface area contributed by atoms with E-state index >= 15 is 8.78 Å². The summed E-state index contributed by atoms with van der Waals surface area (Å²) in [5, 5.41) is 12.1. The zero-order chi connectivity index (χ0) is 37.1. The van der Waals surface area contributed by atoms with Crippen molar-refractivity contribution in [3.8, 4) is 23.5 Å². The summed E-state index contributed by atoms with van der Waals surface area (Å²) in [5.74, 6) is -3.95. The van der Waals surface area contributed by atoms with Crippen molar-refractivity contribution in [3.05, 3.63) is 110 Å². The first kappa shape index (κ1) is 37.5. The molecule has 0 aliphatic carbocycles. The third-order valence-corrected chi connectivity index (χ3v) is 8.20. The summed E-state index contributed by atoms with van der Waals surface area (Å²) in [6, 6.07) is 0.0381. The van der Waals surface area contributed by atoms with E-state index in [9.17, 15) is 37.1 Å². The molecule has 0 radical (unpaired) electrons. The number of imidazole rings is 1. The van der Waals surface area contributed by atoms with Crippen LogP contribution in [0, 0.1) is 49.6 Å². The molecule has 2 aromatic heterocycles. The third kappa shape index (κ3) is 8.27. The highest BCUT2D eigenvalue weighted by atomic mass is 19.4. The van der Waals surface area contributed by atoms with Crippen molar-refractivity contribution in [2.75, 3.05) is 0 Å². The number of amides is 1. The number of halogens is 6. The molecule has 0 saturated heterocycles. The van der Waals surface area contributed by atoms with Crippen LogP contribution in [-0.2, 0) is 28.7 Å². The van der Waals surface area contributed by atoms with E-state index in [-0.39, 0.29) is 58.7 Å². The summed E-state index contributed by atoms with van der Waals surface area (Å²) in [6.45, 7) is 6.38. The second-order valence-electron chi connectivity index (χ2n) is 12.4. The molecule has 8 nitrogen and oxygen atoms in total. The van der Waals surface area contributed by atoms with Crippen molar-refractivity contribution in [2.45, 2.75) is 71.8 Å². The molecule has 0 fully saturated rings. The molecule has 0 saturated carbocycles. The number of terminal acetylenes is 1. The van der Waals surface area contributed by atoms with Crippen LogP contribution in [0.3, 0.4) is 0 Å². The first-order chi connectivity index (χ1) is 23.4. The lowest BCUT2D eigenvalue weighted by Gasteiger charge is -2.27. The molecular weight excluding hydrogens is 666 g/mol. The molecule has 0 aliphatic heterocycles. The van der Waals surface area contributed by atoms with Crippen molar-refractivity contribution < 1.29 is 41.0 Å². The fourth-order valence-electron chi connectivity index (χ4n) is 6.05. The van der Waals surface area contributed by atoms with Crippen molar-refractivity contribution >= 4 is 11.9 Å². The van der Waals surface area contributed by atoms with Gasteiger partial charge in [-0.2, -0.15) is 13.2 Å². The van der Waals surface area contributed by atoms with Gasteiger partial charge in [-0.1, -0.05) is 19.8 Å². The lowest BCUT2D eigenvalue weighted by Crippen LogP contribution is -2.41. The molecule has 2 heterocycles. The normalized spacial score (nSPS) is 12.8. The number of hydrogen-bond donors (Lipinski definition) is 2. The van der Waals surface area contributed by atoms with Crippen LogP contribution in [0.15, 0.2) is 54.0 Å². The van der Waals surface area contributed by atoms with E-state index in [0.717, 1.165) is 29.0 Å². The van der Waals surface area contributed by atoms with Gasteiger partial charge in [-0.05, 0) is 73.1 Å². The van der Waals surface area contributed by atoms with Crippen LogP contribution in [0.5, 0.6) is 0 Å². The summed E-state index contributed by atoms with van der Waals surface area (Å²) >= 11 is 0. The maximum atomic E-state index is 16.5. The Kier molecular flexibility index (Phi) is 11.3. The van der Waals surface area contributed by atoms with Crippen LogP contribution in [0.25, 0.3) is 11.1 Å². The topological polar surface area (TPSA) is 106 Å². The number of aliphatic carboxylic acids is 1. The predicted molar refractivity (Wildman–Crippen MR) is 172 cm³/mol. The maximum absolute atomic E-state index is 16.5. The van der Waals surface area contributed by atoms with Crippen molar-refractivity contribution in [1.82, 2.24) is 19.4 Å². The second-order valence-corrected chi connectivity index (χ2v) is 12.4. The van der Waals surface area contributed by atoms with Crippen molar-refractivity contribution in [2.24, 2.45) is 5.92 Å². The first-order valence-corrected chi connectivity index (χ1v) is 15.5. The Morgan fingerprint density at radius 1 is 1.06 bits per heavy atom. The van der Waals surface area contributed by atoms with Crippen LogP contribution >= 0.6 is 0 Å². The second kappa shape index (κ2) is 15.1. The third-order valence-electron chi connectivity index (χ3n) is 8.20. The van der Waals surface area contributed by atoms with Gasteiger partial charge in [-0.25, -0.2) is 18.2 Å². The Morgan fingerprint density at radius 3 is 2.26 bits per heavy atom. The molecule has 0 bridgehead atoms. The highest BCUT2D eigenvalue weighted by molar-refractivity contribution is 5.82. The number of carboxylic acids is 1. The minimum Gasteiger partial charge on any atom is -0.481 e.